The second-order valence-electron chi connectivity index (χ2n) is 5.53. The Balaban J connectivity index is 1.84. The van der Waals surface area contributed by atoms with E-state index in [1.54, 1.807) is 0 Å². The number of hydrogen-bond acceptors (Lipinski definition) is 0. The Hall–Kier alpha value is -2.25. The minimum absolute atomic E-state index is 0.113. The molecule has 0 fully saturated rings. The highest BCUT2D eigenvalue weighted by atomic mass is 32.2. The average molecular weight is 301 g/mol. The van der Waals surface area contributed by atoms with E-state index in [2.05, 4.69) is 91.2 Å². The SMILES string of the molecule is C[S+](c1ccccc1)c1ccc2cc3ccccc3cc2c1. The van der Waals surface area contributed by atoms with Gasteiger partial charge in [0, 0.05) is 6.07 Å². The lowest BCUT2D eigenvalue weighted by molar-refractivity contribution is 1.40. The standard InChI is InChI=1S/C21H17S/c1-22(20-9-3-2-4-10-20)21-12-11-18-13-16-7-5-6-8-17(16)14-19(18)15-21/h2-15H,1H3/q+1. The molecule has 0 aromatic heterocycles. The highest BCUT2D eigenvalue weighted by Gasteiger charge is 2.18. The molecule has 22 heavy (non-hydrogen) atoms. The van der Waals surface area contributed by atoms with Crippen molar-refractivity contribution >= 4 is 32.4 Å². The minimum Gasteiger partial charge on any atom is -0.0619 e. The van der Waals surface area contributed by atoms with Crippen LogP contribution in [0.1, 0.15) is 0 Å². The summed E-state index contributed by atoms with van der Waals surface area (Å²) >= 11 is 0. The molecule has 0 aliphatic heterocycles. The first kappa shape index (κ1) is 13.4. The van der Waals surface area contributed by atoms with Crippen LogP contribution in [0.2, 0.25) is 0 Å². The van der Waals surface area contributed by atoms with Gasteiger partial charge in [-0.2, -0.15) is 0 Å². The molecule has 0 aliphatic carbocycles. The molecular formula is C21H17S+. The molecule has 4 rings (SSSR count). The number of fused-ring (bicyclic) bond motifs is 2. The Morgan fingerprint density at radius 3 is 1.82 bits per heavy atom. The molecule has 106 valence electrons. The van der Waals surface area contributed by atoms with Gasteiger partial charge in [-0.05, 0) is 57.9 Å². The third kappa shape index (κ3) is 2.38. The van der Waals surface area contributed by atoms with E-state index in [0.717, 1.165) is 0 Å². The van der Waals surface area contributed by atoms with Gasteiger partial charge in [0.15, 0.2) is 9.79 Å². The van der Waals surface area contributed by atoms with E-state index in [-0.39, 0.29) is 10.9 Å². The predicted molar refractivity (Wildman–Crippen MR) is 97.7 cm³/mol. The topological polar surface area (TPSA) is 0 Å². The van der Waals surface area contributed by atoms with E-state index in [1.165, 1.54) is 31.3 Å². The van der Waals surface area contributed by atoms with Crippen LogP contribution >= 0.6 is 0 Å². The zero-order valence-electron chi connectivity index (χ0n) is 12.5. The van der Waals surface area contributed by atoms with Crippen molar-refractivity contribution < 1.29 is 0 Å². The molecule has 1 heteroatoms. The zero-order chi connectivity index (χ0) is 14.9. The van der Waals surface area contributed by atoms with E-state index in [0.29, 0.717) is 0 Å². The molecule has 4 aromatic rings. The van der Waals surface area contributed by atoms with E-state index >= 15 is 0 Å². The first-order valence-corrected chi connectivity index (χ1v) is 9.08. The first-order chi connectivity index (χ1) is 10.8. The Bertz CT molecular complexity index is 941. The third-order valence-corrected chi connectivity index (χ3v) is 6.07. The van der Waals surface area contributed by atoms with Crippen molar-refractivity contribution in [2.45, 2.75) is 9.79 Å². The van der Waals surface area contributed by atoms with Gasteiger partial charge in [0.25, 0.3) is 0 Å². The molecule has 0 saturated carbocycles. The fourth-order valence-electron chi connectivity index (χ4n) is 2.87. The summed E-state index contributed by atoms with van der Waals surface area (Å²) in [7, 11) is 0.113. The van der Waals surface area contributed by atoms with Crippen LogP contribution in [0.5, 0.6) is 0 Å². The normalized spacial score (nSPS) is 12.6. The van der Waals surface area contributed by atoms with Crippen molar-refractivity contribution in [3.63, 3.8) is 0 Å². The maximum Gasteiger partial charge on any atom is 0.161 e. The van der Waals surface area contributed by atoms with Gasteiger partial charge in [0.1, 0.15) is 6.26 Å². The monoisotopic (exact) mass is 301 g/mol. The van der Waals surface area contributed by atoms with Gasteiger partial charge in [-0.15, -0.1) is 0 Å². The maximum atomic E-state index is 2.35. The number of hydrogen-bond donors (Lipinski definition) is 0. The molecule has 0 aliphatic rings. The van der Waals surface area contributed by atoms with Gasteiger partial charge in [-0.3, -0.25) is 0 Å². The molecule has 1 atom stereocenters. The third-order valence-electron chi connectivity index (χ3n) is 4.13. The van der Waals surface area contributed by atoms with Crippen LogP contribution in [0.3, 0.4) is 0 Å². The summed E-state index contributed by atoms with van der Waals surface area (Å²) in [6.45, 7) is 0. The Labute approximate surface area is 133 Å². The van der Waals surface area contributed by atoms with Gasteiger partial charge >= 0.3 is 0 Å². The molecule has 0 bridgehead atoms. The lowest BCUT2D eigenvalue weighted by Crippen LogP contribution is -2.00. The Morgan fingerprint density at radius 1 is 0.500 bits per heavy atom. The quantitative estimate of drug-likeness (QED) is 0.331. The van der Waals surface area contributed by atoms with Crippen LogP contribution in [0.4, 0.5) is 0 Å². The summed E-state index contributed by atoms with van der Waals surface area (Å²) in [5.41, 5.74) is 0. The summed E-state index contributed by atoms with van der Waals surface area (Å²) in [5, 5.41) is 5.25. The van der Waals surface area contributed by atoms with Crippen LogP contribution in [0, 0.1) is 0 Å². The average Bonchev–Trinajstić information content (AvgIpc) is 2.59. The number of rotatable bonds is 2. The van der Waals surface area contributed by atoms with Gasteiger partial charge in [0.2, 0.25) is 0 Å². The lowest BCUT2D eigenvalue weighted by Gasteiger charge is -2.06. The fraction of sp³-hybridized carbons (Fsp3) is 0.0476. The van der Waals surface area contributed by atoms with Crippen molar-refractivity contribution in [2.24, 2.45) is 0 Å². The van der Waals surface area contributed by atoms with Crippen LogP contribution in [-0.4, -0.2) is 6.26 Å². The Morgan fingerprint density at radius 2 is 1.09 bits per heavy atom. The Kier molecular flexibility index (Phi) is 3.36. The second-order valence-corrected chi connectivity index (χ2v) is 7.50. The van der Waals surface area contributed by atoms with Crippen LogP contribution in [0.25, 0.3) is 21.5 Å². The summed E-state index contributed by atoms with van der Waals surface area (Å²) in [5.74, 6) is 0. The van der Waals surface area contributed by atoms with E-state index in [4.69, 9.17) is 0 Å². The highest BCUT2D eigenvalue weighted by Crippen LogP contribution is 2.28. The van der Waals surface area contributed by atoms with Crippen LogP contribution < -0.4 is 0 Å². The molecule has 1 unspecified atom stereocenters. The van der Waals surface area contributed by atoms with Crippen LogP contribution in [-0.2, 0) is 10.9 Å². The summed E-state index contributed by atoms with van der Waals surface area (Å²) in [4.78, 5) is 2.79. The van der Waals surface area contributed by atoms with Crippen LogP contribution in [0.15, 0.2) is 94.7 Å². The minimum atomic E-state index is 0.113. The molecule has 0 saturated heterocycles. The number of benzene rings is 4. The van der Waals surface area contributed by atoms with E-state index in [9.17, 15) is 0 Å². The maximum absolute atomic E-state index is 2.35. The summed E-state index contributed by atoms with van der Waals surface area (Å²) in [6, 6.07) is 30.8. The fourth-order valence-corrected chi connectivity index (χ4v) is 4.28. The summed E-state index contributed by atoms with van der Waals surface area (Å²) in [6.07, 6.45) is 2.30. The van der Waals surface area contributed by atoms with Crippen molar-refractivity contribution in [3.8, 4) is 0 Å². The first-order valence-electron chi connectivity index (χ1n) is 7.45. The molecule has 4 aromatic carbocycles. The van der Waals surface area contributed by atoms with Crippen molar-refractivity contribution in [3.05, 3.63) is 84.9 Å². The summed E-state index contributed by atoms with van der Waals surface area (Å²) < 4.78 is 0. The molecule has 0 N–H and O–H groups in total. The van der Waals surface area contributed by atoms with Gasteiger partial charge in [-0.1, -0.05) is 42.5 Å². The van der Waals surface area contributed by atoms with E-state index < -0.39 is 0 Å². The molecular weight excluding hydrogens is 284 g/mol. The van der Waals surface area contributed by atoms with Crippen molar-refractivity contribution in [2.75, 3.05) is 6.26 Å². The molecule has 0 spiro atoms. The van der Waals surface area contributed by atoms with E-state index in [1.807, 2.05) is 0 Å². The smallest absolute Gasteiger partial charge is 0.0619 e. The van der Waals surface area contributed by atoms with Gasteiger partial charge in [0.05, 0.1) is 10.9 Å². The largest absolute Gasteiger partial charge is 0.161 e. The lowest BCUT2D eigenvalue weighted by atomic mass is 10.0. The molecule has 0 radical (unpaired) electrons. The highest BCUT2D eigenvalue weighted by molar-refractivity contribution is 7.96. The van der Waals surface area contributed by atoms with Crippen molar-refractivity contribution in [1.82, 2.24) is 0 Å². The van der Waals surface area contributed by atoms with Crippen molar-refractivity contribution in [1.29, 1.82) is 0 Å². The molecule has 0 nitrogen and oxygen atoms in total. The molecule has 0 amide bonds. The predicted octanol–water partition coefficient (Wildman–Crippen LogP) is 5.66. The van der Waals surface area contributed by atoms with Gasteiger partial charge < -0.3 is 0 Å². The second kappa shape index (κ2) is 5.51. The zero-order valence-corrected chi connectivity index (χ0v) is 13.3. The molecule has 0 heterocycles. The van der Waals surface area contributed by atoms with Gasteiger partial charge in [-0.25, -0.2) is 0 Å².